The first-order valence-corrected chi connectivity index (χ1v) is 9.04. The standard InChI is InChI=1S/C19H22FN5O3/c1-24-7-12(6-21-24)8-25-9-14(20)17(10-25)28-11-18-22-15-4-3-13(19(26)27-2)5-16(15)23-18/h3-7,14,17H,8-11H2,1-2H3,(H,22,23). The third-order valence-electron chi connectivity index (χ3n) is 4.82. The van der Waals surface area contributed by atoms with Crippen molar-refractivity contribution in [3.63, 3.8) is 0 Å². The Balaban J connectivity index is 1.36. The van der Waals surface area contributed by atoms with Crippen LogP contribution in [0.1, 0.15) is 21.7 Å². The summed E-state index contributed by atoms with van der Waals surface area (Å²) in [7, 11) is 3.20. The van der Waals surface area contributed by atoms with Crippen molar-refractivity contribution in [3.05, 3.63) is 47.5 Å². The van der Waals surface area contributed by atoms with Gasteiger partial charge in [0.1, 0.15) is 24.7 Å². The van der Waals surface area contributed by atoms with Gasteiger partial charge in [-0.2, -0.15) is 5.10 Å². The third-order valence-corrected chi connectivity index (χ3v) is 4.82. The van der Waals surface area contributed by atoms with Crippen LogP contribution in [-0.2, 0) is 29.7 Å². The number of esters is 1. The van der Waals surface area contributed by atoms with E-state index in [1.807, 2.05) is 18.1 Å². The molecule has 1 N–H and O–H groups in total. The van der Waals surface area contributed by atoms with Crippen LogP contribution in [0.15, 0.2) is 30.6 Å². The number of methoxy groups -OCH3 is 1. The first kappa shape index (κ1) is 18.6. The molecule has 8 nitrogen and oxygen atoms in total. The summed E-state index contributed by atoms with van der Waals surface area (Å²) in [6.45, 7) is 1.67. The number of aromatic nitrogens is 4. The molecule has 1 aromatic carbocycles. The Kier molecular flexibility index (Phi) is 5.10. The Morgan fingerprint density at radius 3 is 3.00 bits per heavy atom. The minimum absolute atomic E-state index is 0.175. The van der Waals surface area contributed by atoms with Gasteiger partial charge in [0.05, 0.1) is 29.9 Å². The van der Waals surface area contributed by atoms with Crippen molar-refractivity contribution in [1.82, 2.24) is 24.6 Å². The van der Waals surface area contributed by atoms with Crippen LogP contribution in [0.3, 0.4) is 0 Å². The summed E-state index contributed by atoms with van der Waals surface area (Å²) in [5, 5.41) is 4.14. The number of hydrogen-bond donors (Lipinski definition) is 1. The van der Waals surface area contributed by atoms with Gasteiger partial charge in [0.2, 0.25) is 0 Å². The Labute approximate surface area is 161 Å². The molecule has 2 aromatic heterocycles. The lowest BCUT2D eigenvalue weighted by Crippen LogP contribution is -2.24. The molecule has 1 aliphatic rings. The van der Waals surface area contributed by atoms with Crippen LogP contribution in [0.5, 0.6) is 0 Å². The summed E-state index contributed by atoms with van der Waals surface area (Å²) < 4.78 is 26.6. The number of hydrogen-bond acceptors (Lipinski definition) is 6. The number of aromatic amines is 1. The molecule has 0 bridgehead atoms. The Bertz CT molecular complexity index is 985. The van der Waals surface area contributed by atoms with Crippen molar-refractivity contribution in [2.24, 2.45) is 7.05 Å². The molecule has 3 heterocycles. The fourth-order valence-corrected chi connectivity index (χ4v) is 3.47. The number of aryl methyl sites for hydroxylation is 1. The summed E-state index contributed by atoms with van der Waals surface area (Å²) in [5.41, 5.74) is 2.92. The normalized spacial score (nSPS) is 20.1. The second-order valence-electron chi connectivity index (χ2n) is 6.99. The van der Waals surface area contributed by atoms with E-state index in [9.17, 15) is 9.18 Å². The second kappa shape index (κ2) is 7.69. The molecule has 2 unspecified atom stereocenters. The molecular formula is C19H22FN5O3. The fraction of sp³-hybridized carbons (Fsp3) is 0.421. The third kappa shape index (κ3) is 3.90. The first-order chi connectivity index (χ1) is 13.5. The van der Waals surface area contributed by atoms with Crippen molar-refractivity contribution in [3.8, 4) is 0 Å². The highest BCUT2D eigenvalue weighted by Crippen LogP contribution is 2.21. The maximum atomic E-state index is 14.4. The number of H-pyrrole nitrogens is 1. The highest BCUT2D eigenvalue weighted by molar-refractivity contribution is 5.93. The van der Waals surface area contributed by atoms with Crippen molar-refractivity contribution in [2.45, 2.75) is 25.4 Å². The Morgan fingerprint density at radius 2 is 2.25 bits per heavy atom. The summed E-state index contributed by atoms with van der Waals surface area (Å²) in [4.78, 5) is 21.2. The smallest absolute Gasteiger partial charge is 0.337 e. The molecule has 148 valence electrons. The largest absolute Gasteiger partial charge is 0.465 e. The van der Waals surface area contributed by atoms with Gasteiger partial charge in [0.25, 0.3) is 0 Å². The molecule has 1 aliphatic heterocycles. The first-order valence-electron chi connectivity index (χ1n) is 9.04. The van der Waals surface area contributed by atoms with E-state index in [0.717, 1.165) is 5.56 Å². The number of likely N-dealkylation sites (tertiary alicyclic amines) is 1. The van der Waals surface area contributed by atoms with E-state index in [2.05, 4.69) is 15.1 Å². The highest BCUT2D eigenvalue weighted by atomic mass is 19.1. The van der Waals surface area contributed by atoms with Gasteiger partial charge in [-0.1, -0.05) is 0 Å². The molecule has 28 heavy (non-hydrogen) atoms. The number of ether oxygens (including phenoxy) is 2. The number of alkyl halides is 1. The molecule has 0 amide bonds. The van der Waals surface area contributed by atoms with Gasteiger partial charge in [-0.3, -0.25) is 9.58 Å². The molecule has 1 saturated heterocycles. The minimum atomic E-state index is -1.05. The van der Waals surface area contributed by atoms with Crippen LogP contribution in [0.2, 0.25) is 0 Å². The van der Waals surface area contributed by atoms with Gasteiger partial charge < -0.3 is 14.5 Å². The van der Waals surface area contributed by atoms with Crippen LogP contribution in [0.4, 0.5) is 4.39 Å². The number of carbonyl (C=O) groups excluding carboxylic acids is 1. The SMILES string of the molecule is COC(=O)c1ccc2nc(COC3CN(Cc4cnn(C)c4)CC3F)[nH]c2c1. The zero-order valence-electron chi connectivity index (χ0n) is 15.8. The lowest BCUT2D eigenvalue weighted by atomic mass is 10.2. The van der Waals surface area contributed by atoms with E-state index < -0.39 is 18.2 Å². The zero-order valence-corrected chi connectivity index (χ0v) is 15.8. The monoisotopic (exact) mass is 387 g/mol. The van der Waals surface area contributed by atoms with E-state index >= 15 is 0 Å². The lowest BCUT2D eigenvalue weighted by Gasteiger charge is -2.14. The van der Waals surface area contributed by atoms with Crippen LogP contribution < -0.4 is 0 Å². The quantitative estimate of drug-likeness (QED) is 0.650. The maximum absolute atomic E-state index is 14.4. The number of imidazole rings is 1. The minimum Gasteiger partial charge on any atom is -0.465 e. The summed E-state index contributed by atoms with van der Waals surface area (Å²) in [5.74, 6) is 0.184. The number of rotatable bonds is 6. The Hall–Kier alpha value is -2.78. The van der Waals surface area contributed by atoms with Crippen molar-refractivity contribution in [2.75, 3.05) is 20.2 Å². The zero-order chi connectivity index (χ0) is 19.7. The van der Waals surface area contributed by atoms with E-state index in [1.165, 1.54) is 7.11 Å². The number of halogens is 1. The number of carbonyl (C=O) groups is 1. The number of fused-ring (bicyclic) bond motifs is 1. The fourth-order valence-electron chi connectivity index (χ4n) is 3.47. The molecule has 3 aromatic rings. The average molecular weight is 387 g/mol. The molecule has 4 rings (SSSR count). The molecule has 2 atom stereocenters. The summed E-state index contributed by atoms with van der Waals surface area (Å²) in [6, 6.07) is 5.08. The number of nitrogens with zero attached hydrogens (tertiary/aromatic N) is 4. The Morgan fingerprint density at radius 1 is 1.39 bits per heavy atom. The predicted molar refractivity (Wildman–Crippen MR) is 99.4 cm³/mol. The van der Waals surface area contributed by atoms with Crippen LogP contribution in [-0.4, -0.2) is 63.1 Å². The van der Waals surface area contributed by atoms with Gasteiger partial charge in [0, 0.05) is 38.4 Å². The predicted octanol–water partition coefficient (Wildman–Crippen LogP) is 1.82. The van der Waals surface area contributed by atoms with Gasteiger partial charge >= 0.3 is 5.97 Å². The molecular weight excluding hydrogens is 365 g/mol. The molecule has 0 aliphatic carbocycles. The molecule has 9 heteroatoms. The highest BCUT2D eigenvalue weighted by Gasteiger charge is 2.33. The molecule has 0 spiro atoms. The number of benzene rings is 1. The van der Waals surface area contributed by atoms with E-state index in [-0.39, 0.29) is 6.61 Å². The van der Waals surface area contributed by atoms with Gasteiger partial charge in [-0.25, -0.2) is 14.2 Å². The molecule has 0 saturated carbocycles. The van der Waals surface area contributed by atoms with Crippen molar-refractivity contribution < 1.29 is 18.7 Å². The number of nitrogens with one attached hydrogen (secondary N) is 1. The van der Waals surface area contributed by atoms with Gasteiger partial charge in [-0.15, -0.1) is 0 Å². The van der Waals surface area contributed by atoms with Gasteiger partial charge in [0.15, 0.2) is 0 Å². The lowest BCUT2D eigenvalue weighted by molar-refractivity contribution is 0.00863. The summed E-state index contributed by atoms with van der Waals surface area (Å²) >= 11 is 0. The summed E-state index contributed by atoms with van der Waals surface area (Å²) in [6.07, 6.45) is 2.17. The van der Waals surface area contributed by atoms with E-state index in [4.69, 9.17) is 9.47 Å². The van der Waals surface area contributed by atoms with Crippen LogP contribution >= 0.6 is 0 Å². The topological polar surface area (TPSA) is 85.3 Å². The van der Waals surface area contributed by atoms with Crippen molar-refractivity contribution in [1.29, 1.82) is 0 Å². The maximum Gasteiger partial charge on any atom is 0.337 e. The van der Waals surface area contributed by atoms with Gasteiger partial charge in [-0.05, 0) is 18.2 Å². The van der Waals surface area contributed by atoms with Crippen molar-refractivity contribution >= 4 is 17.0 Å². The molecule has 0 radical (unpaired) electrons. The average Bonchev–Trinajstić information content (AvgIpc) is 3.37. The van der Waals surface area contributed by atoms with Crippen LogP contribution in [0, 0.1) is 0 Å². The van der Waals surface area contributed by atoms with Crippen LogP contribution in [0.25, 0.3) is 11.0 Å². The van der Waals surface area contributed by atoms with E-state index in [0.29, 0.717) is 42.1 Å². The second-order valence-corrected chi connectivity index (χ2v) is 6.99. The van der Waals surface area contributed by atoms with E-state index in [1.54, 1.807) is 29.1 Å². The molecule has 1 fully saturated rings.